The van der Waals surface area contributed by atoms with Crippen molar-refractivity contribution in [2.75, 3.05) is 63.5 Å². The number of ether oxygens (including phenoxy) is 2. The van der Waals surface area contributed by atoms with Crippen molar-refractivity contribution < 1.29 is 22.1 Å². The molecule has 1 saturated heterocycles. The molecule has 1 aromatic carbocycles. The van der Waals surface area contributed by atoms with Crippen molar-refractivity contribution in [1.82, 2.24) is 34.3 Å². The first-order valence-electron chi connectivity index (χ1n) is 14.6. The SMILES string of the molecule is [2H]C([2H])(Cn1ncc2c1nc(N)n1nc(-c3ccco3)nc21)N1CCN(c2ccc(OC([2H])([2H])C([2H])([2H])OC)cc2)CC1. The van der Waals surface area contributed by atoms with Crippen LogP contribution in [0, 0.1) is 0 Å². The third-order valence-corrected chi connectivity index (χ3v) is 6.08. The number of hydrogen-bond acceptors (Lipinski definition) is 10. The number of aromatic nitrogens is 6. The molecular formula is C25H29N9O3. The largest absolute Gasteiger partial charge is 0.491 e. The van der Waals surface area contributed by atoms with Crippen LogP contribution < -0.4 is 15.4 Å². The van der Waals surface area contributed by atoms with E-state index in [4.69, 9.17) is 23.1 Å². The molecule has 192 valence electrons. The van der Waals surface area contributed by atoms with Gasteiger partial charge in [0.1, 0.15) is 12.3 Å². The Hall–Kier alpha value is -4.16. The zero-order valence-electron chi connectivity index (χ0n) is 26.0. The average molecular weight is 510 g/mol. The summed E-state index contributed by atoms with van der Waals surface area (Å²) in [5, 5.41) is 9.37. The second-order valence-electron chi connectivity index (χ2n) is 8.29. The highest BCUT2D eigenvalue weighted by molar-refractivity contribution is 5.90. The van der Waals surface area contributed by atoms with Crippen molar-refractivity contribution in [3.8, 4) is 17.3 Å². The summed E-state index contributed by atoms with van der Waals surface area (Å²) < 4.78 is 66.8. The Morgan fingerprint density at radius 3 is 2.65 bits per heavy atom. The van der Waals surface area contributed by atoms with Crippen LogP contribution in [0.5, 0.6) is 5.75 Å². The van der Waals surface area contributed by atoms with Crippen LogP contribution in [0.15, 0.2) is 53.3 Å². The Labute approximate surface area is 221 Å². The molecule has 0 atom stereocenters. The zero-order valence-corrected chi connectivity index (χ0v) is 20.0. The van der Waals surface area contributed by atoms with Gasteiger partial charge in [0.25, 0.3) is 0 Å². The van der Waals surface area contributed by atoms with Gasteiger partial charge < -0.3 is 24.5 Å². The van der Waals surface area contributed by atoms with Crippen molar-refractivity contribution in [2.24, 2.45) is 0 Å². The highest BCUT2D eigenvalue weighted by atomic mass is 16.5. The normalized spacial score (nSPS) is 18.2. The van der Waals surface area contributed by atoms with Crippen LogP contribution in [0.4, 0.5) is 11.6 Å². The molecule has 2 N–H and O–H groups in total. The van der Waals surface area contributed by atoms with Gasteiger partial charge in [-0.3, -0.25) is 4.90 Å². The van der Waals surface area contributed by atoms with Gasteiger partial charge >= 0.3 is 0 Å². The van der Waals surface area contributed by atoms with Crippen LogP contribution in [-0.2, 0) is 11.3 Å². The van der Waals surface area contributed by atoms with E-state index in [0.29, 0.717) is 54.4 Å². The number of rotatable bonds is 9. The fourth-order valence-corrected chi connectivity index (χ4v) is 4.22. The number of nitrogen functional groups attached to an aromatic ring is 1. The Kier molecular flexibility index (Phi) is 4.71. The van der Waals surface area contributed by atoms with Crippen LogP contribution in [0.2, 0.25) is 0 Å². The molecule has 0 aliphatic carbocycles. The van der Waals surface area contributed by atoms with Gasteiger partial charge in [-0.05, 0) is 36.4 Å². The summed E-state index contributed by atoms with van der Waals surface area (Å²) in [4.78, 5) is 12.8. The lowest BCUT2D eigenvalue weighted by Gasteiger charge is -2.36. The summed E-state index contributed by atoms with van der Waals surface area (Å²) >= 11 is 0. The number of anilines is 2. The first-order valence-corrected chi connectivity index (χ1v) is 11.6. The summed E-state index contributed by atoms with van der Waals surface area (Å²) in [7, 11) is 1.07. The van der Waals surface area contributed by atoms with E-state index in [0.717, 1.165) is 12.8 Å². The van der Waals surface area contributed by atoms with E-state index in [1.165, 1.54) is 15.5 Å². The second kappa shape index (κ2) is 10.1. The Morgan fingerprint density at radius 1 is 1.05 bits per heavy atom. The first kappa shape index (κ1) is 17.3. The number of methoxy groups -OCH3 is 1. The van der Waals surface area contributed by atoms with Crippen LogP contribution in [0.25, 0.3) is 28.3 Å². The molecular weight excluding hydrogens is 474 g/mol. The summed E-state index contributed by atoms with van der Waals surface area (Å²) in [5.74, 6) is 1.08. The molecule has 0 unspecified atom stereocenters. The lowest BCUT2D eigenvalue weighted by molar-refractivity contribution is 0.146. The van der Waals surface area contributed by atoms with Crippen LogP contribution in [0.1, 0.15) is 8.22 Å². The molecule has 0 amide bonds. The van der Waals surface area contributed by atoms with Crippen molar-refractivity contribution in [1.29, 1.82) is 0 Å². The Bertz CT molecular complexity index is 1730. The number of hydrogen-bond donors (Lipinski definition) is 1. The van der Waals surface area contributed by atoms with E-state index >= 15 is 0 Å². The van der Waals surface area contributed by atoms with E-state index in [9.17, 15) is 0 Å². The Morgan fingerprint density at radius 2 is 1.89 bits per heavy atom. The van der Waals surface area contributed by atoms with E-state index in [2.05, 4.69) is 29.8 Å². The van der Waals surface area contributed by atoms with Crippen molar-refractivity contribution in [3.05, 3.63) is 48.9 Å². The molecule has 1 aliphatic heterocycles. The molecule has 6 rings (SSSR count). The number of piperazine rings is 1. The minimum absolute atomic E-state index is 0.0821. The predicted octanol–water partition coefficient (Wildman–Crippen LogP) is 2.16. The highest BCUT2D eigenvalue weighted by Gasteiger charge is 2.20. The molecule has 4 aromatic heterocycles. The van der Waals surface area contributed by atoms with Crippen LogP contribution in [-0.4, -0.2) is 87.2 Å². The maximum absolute atomic E-state index is 8.85. The molecule has 1 fully saturated rings. The smallest absolute Gasteiger partial charge is 0.225 e. The third kappa shape index (κ3) is 4.68. The molecule has 0 saturated carbocycles. The topological polar surface area (TPSA) is 125 Å². The van der Waals surface area contributed by atoms with Crippen LogP contribution in [0.3, 0.4) is 0 Å². The zero-order chi connectivity index (χ0) is 30.6. The van der Waals surface area contributed by atoms with Crippen LogP contribution >= 0.6 is 0 Å². The van der Waals surface area contributed by atoms with Gasteiger partial charge in [0.05, 0.1) is 36.4 Å². The fourth-order valence-electron chi connectivity index (χ4n) is 4.22. The number of nitrogens with two attached hydrogens (primary N) is 1. The maximum Gasteiger partial charge on any atom is 0.225 e. The van der Waals surface area contributed by atoms with E-state index < -0.39 is 19.6 Å². The molecule has 12 nitrogen and oxygen atoms in total. The van der Waals surface area contributed by atoms with E-state index in [-0.39, 0.29) is 18.2 Å². The monoisotopic (exact) mass is 509 g/mol. The molecule has 1 aliphatic rings. The minimum atomic E-state index is -2.69. The van der Waals surface area contributed by atoms with Gasteiger partial charge in [-0.25, -0.2) is 9.67 Å². The van der Waals surface area contributed by atoms with Gasteiger partial charge in [0.2, 0.25) is 11.8 Å². The lowest BCUT2D eigenvalue weighted by atomic mass is 10.2. The molecule has 5 heterocycles. The van der Waals surface area contributed by atoms with Gasteiger partial charge in [-0.1, -0.05) is 0 Å². The summed E-state index contributed by atoms with van der Waals surface area (Å²) in [6.45, 7) is -5.16. The van der Waals surface area contributed by atoms with Gasteiger partial charge in [0, 0.05) is 48.2 Å². The van der Waals surface area contributed by atoms with Crippen molar-refractivity contribution in [3.63, 3.8) is 0 Å². The second-order valence-corrected chi connectivity index (χ2v) is 8.29. The molecule has 12 heteroatoms. The molecule has 0 spiro atoms. The molecule has 0 radical (unpaired) electrons. The summed E-state index contributed by atoms with van der Waals surface area (Å²) in [6, 6.07) is 10.1. The third-order valence-electron chi connectivity index (χ3n) is 6.08. The number of benzene rings is 1. The Balaban J connectivity index is 1.13. The lowest BCUT2D eigenvalue weighted by Crippen LogP contribution is -2.47. The predicted molar refractivity (Wildman–Crippen MR) is 139 cm³/mol. The number of furan rings is 1. The summed E-state index contributed by atoms with van der Waals surface area (Å²) in [5.41, 5.74) is 7.87. The van der Waals surface area contributed by atoms with Crippen molar-refractivity contribution in [2.45, 2.75) is 6.54 Å². The average Bonchev–Trinajstić information content (AvgIpc) is 3.74. The summed E-state index contributed by atoms with van der Waals surface area (Å²) in [6.07, 6.45) is 3.10. The quantitative estimate of drug-likeness (QED) is 0.316. The van der Waals surface area contributed by atoms with E-state index in [1.54, 1.807) is 47.5 Å². The standard InChI is InChI=1S/C25H29N9O3/c1-35-15-16-36-19-6-4-18(5-7-19)32-11-8-31(9-12-32)10-13-33-23-20(17-27-33)24-28-22(21-3-2-14-37-21)30-34(24)25(26)29-23/h2-7,14,17H,8-13,15-16H2,1H3,(H2,26,29)/i10D2,15D2,16D2. The van der Waals surface area contributed by atoms with Gasteiger partial charge in [-0.15, -0.1) is 5.10 Å². The first-order chi connectivity index (χ1) is 20.4. The van der Waals surface area contributed by atoms with Gasteiger partial charge in [0.15, 0.2) is 17.1 Å². The minimum Gasteiger partial charge on any atom is -0.491 e. The van der Waals surface area contributed by atoms with Gasteiger partial charge in [-0.2, -0.15) is 14.6 Å². The highest BCUT2D eigenvalue weighted by Crippen LogP contribution is 2.24. The number of aryl methyl sites for hydroxylation is 1. The molecule has 0 bridgehead atoms. The maximum atomic E-state index is 8.85. The van der Waals surface area contributed by atoms with Crippen molar-refractivity contribution >= 4 is 28.3 Å². The number of fused-ring (bicyclic) bond motifs is 3. The van der Waals surface area contributed by atoms with E-state index in [1.807, 2.05) is 0 Å². The molecule has 5 aromatic rings. The fraction of sp³-hybridized carbons (Fsp3) is 0.360. The number of nitrogens with zero attached hydrogens (tertiary/aromatic N) is 8. The molecule has 37 heavy (non-hydrogen) atoms.